The maximum absolute atomic E-state index is 12.5. The highest BCUT2D eigenvalue weighted by molar-refractivity contribution is 9.10. The molecule has 3 aromatic rings. The van der Waals surface area contributed by atoms with E-state index < -0.39 is 0 Å². The Labute approximate surface area is 183 Å². The lowest BCUT2D eigenvalue weighted by Crippen LogP contribution is -1.99. The molecule has 0 fully saturated rings. The van der Waals surface area contributed by atoms with Gasteiger partial charge in [0.2, 0.25) is 6.79 Å². The molecular formula is C24H19BrO5. The lowest BCUT2D eigenvalue weighted by Gasteiger charge is -2.11. The summed E-state index contributed by atoms with van der Waals surface area (Å²) in [6.45, 7) is 0.525. The van der Waals surface area contributed by atoms with E-state index in [2.05, 4.69) is 15.9 Å². The van der Waals surface area contributed by atoms with Crippen LogP contribution < -0.4 is 18.9 Å². The van der Waals surface area contributed by atoms with Gasteiger partial charge in [-0.1, -0.05) is 34.1 Å². The number of rotatable bonds is 7. The summed E-state index contributed by atoms with van der Waals surface area (Å²) in [6, 6.07) is 18.5. The molecule has 30 heavy (non-hydrogen) atoms. The minimum absolute atomic E-state index is 0.115. The van der Waals surface area contributed by atoms with Crippen LogP contribution in [0.1, 0.15) is 21.5 Å². The number of halogens is 1. The molecule has 0 saturated carbocycles. The van der Waals surface area contributed by atoms with Crippen LogP contribution in [-0.4, -0.2) is 19.7 Å². The van der Waals surface area contributed by atoms with Gasteiger partial charge in [-0.2, -0.15) is 0 Å². The highest BCUT2D eigenvalue weighted by Gasteiger charge is 2.15. The smallest absolute Gasteiger partial charge is 0.231 e. The zero-order valence-electron chi connectivity index (χ0n) is 16.3. The molecule has 0 bridgehead atoms. The first-order valence-corrected chi connectivity index (χ1v) is 10.1. The normalized spacial score (nSPS) is 12.2. The van der Waals surface area contributed by atoms with E-state index in [4.69, 9.17) is 18.9 Å². The maximum atomic E-state index is 12.5. The van der Waals surface area contributed by atoms with Gasteiger partial charge in [-0.3, -0.25) is 4.79 Å². The second-order valence-electron chi connectivity index (χ2n) is 6.58. The fourth-order valence-corrected chi connectivity index (χ4v) is 3.43. The van der Waals surface area contributed by atoms with Gasteiger partial charge in [0, 0.05) is 15.6 Å². The Morgan fingerprint density at radius 3 is 2.77 bits per heavy atom. The molecule has 0 N–H and O–H groups in total. The first-order valence-electron chi connectivity index (χ1n) is 9.30. The Bertz CT molecular complexity index is 1110. The molecule has 152 valence electrons. The van der Waals surface area contributed by atoms with Crippen molar-refractivity contribution >= 4 is 27.8 Å². The van der Waals surface area contributed by atoms with Gasteiger partial charge >= 0.3 is 0 Å². The van der Waals surface area contributed by atoms with Gasteiger partial charge < -0.3 is 18.9 Å². The lowest BCUT2D eigenvalue weighted by atomic mass is 10.1. The van der Waals surface area contributed by atoms with Crippen molar-refractivity contribution in [1.29, 1.82) is 0 Å². The van der Waals surface area contributed by atoms with Gasteiger partial charge in [0.1, 0.15) is 18.1 Å². The van der Waals surface area contributed by atoms with Gasteiger partial charge in [0.05, 0.1) is 7.11 Å². The third-order valence-electron chi connectivity index (χ3n) is 4.58. The first-order chi connectivity index (χ1) is 14.6. The van der Waals surface area contributed by atoms with Gasteiger partial charge in [0.15, 0.2) is 17.3 Å². The third-order valence-corrected chi connectivity index (χ3v) is 5.07. The largest absolute Gasteiger partial charge is 0.496 e. The SMILES string of the molecule is COc1ccc(/C=C/C(=O)c2ccc3c(c2)OCO3)cc1COc1cccc(Br)c1. The van der Waals surface area contributed by atoms with Crippen LogP contribution in [0.15, 0.2) is 71.2 Å². The van der Waals surface area contributed by atoms with E-state index in [1.165, 1.54) is 6.08 Å². The molecule has 5 nitrogen and oxygen atoms in total. The third kappa shape index (κ3) is 4.66. The summed E-state index contributed by atoms with van der Waals surface area (Å²) in [4.78, 5) is 12.5. The number of fused-ring (bicyclic) bond motifs is 1. The Morgan fingerprint density at radius 2 is 1.93 bits per heavy atom. The highest BCUT2D eigenvalue weighted by atomic mass is 79.9. The summed E-state index contributed by atoms with van der Waals surface area (Å²) in [5.41, 5.74) is 2.30. The summed E-state index contributed by atoms with van der Waals surface area (Å²) in [5.74, 6) is 2.61. The standard InChI is InChI=1S/C24H19BrO5/c1-27-22-9-6-16(11-18(22)14-28-20-4-2-3-19(25)13-20)5-8-21(26)17-7-10-23-24(12-17)30-15-29-23/h2-13H,14-15H2,1H3/b8-5+. The van der Waals surface area contributed by atoms with Gasteiger partial charge in [0.25, 0.3) is 0 Å². The van der Waals surface area contributed by atoms with E-state index in [0.29, 0.717) is 23.7 Å². The van der Waals surface area contributed by atoms with Crippen LogP contribution in [0.5, 0.6) is 23.0 Å². The van der Waals surface area contributed by atoms with Crippen LogP contribution in [0, 0.1) is 0 Å². The maximum Gasteiger partial charge on any atom is 0.231 e. The quantitative estimate of drug-likeness (QED) is 0.332. The van der Waals surface area contributed by atoms with E-state index in [-0.39, 0.29) is 12.6 Å². The molecule has 0 saturated heterocycles. The zero-order chi connectivity index (χ0) is 20.9. The van der Waals surface area contributed by atoms with Crippen molar-refractivity contribution in [1.82, 2.24) is 0 Å². The van der Waals surface area contributed by atoms with Gasteiger partial charge in [-0.25, -0.2) is 0 Å². The van der Waals surface area contributed by atoms with E-state index in [0.717, 1.165) is 27.1 Å². The number of methoxy groups -OCH3 is 1. The van der Waals surface area contributed by atoms with Crippen molar-refractivity contribution < 1.29 is 23.7 Å². The number of allylic oxidation sites excluding steroid dienone is 1. The van der Waals surface area contributed by atoms with Crippen molar-refractivity contribution in [2.24, 2.45) is 0 Å². The molecule has 0 radical (unpaired) electrons. The van der Waals surface area contributed by atoms with Crippen LogP contribution in [0.4, 0.5) is 0 Å². The van der Waals surface area contributed by atoms with Gasteiger partial charge in [-0.15, -0.1) is 0 Å². The van der Waals surface area contributed by atoms with Crippen molar-refractivity contribution in [2.45, 2.75) is 6.61 Å². The predicted octanol–water partition coefficient (Wildman–Crippen LogP) is 5.66. The minimum Gasteiger partial charge on any atom is -0.496 e. The average molecular weight is 467 g/mol. The molecular weight excluding hydrogens is 448 g/mol. The van der Waals surface area contributed by atoms with E-state index in [1.807, 2.05) is 42.5 Å². The van der Waals surface area contributed by atoms with Crippen LogP contribution in [-0.2, 0) is 6.61 Å². The Balaban J connectivity index is 1.48. The van der Waals surface area contributed by atoms with Crippen LogP contribution in [0.2, 0.25) is 0 Å². The summed E-state index contributed by atoms with van der Waals surface area (Å²) < 4.78 is 22.9. The van der Waals surface area contributed by atoms with E-state index >= 15 is 0 Å². The monoisotopic (exact) mass is 466 g/mol. The molecule has 1 aliphatic rings. The Kier molecular flexibility index (Phi) is 6.05. The molecule has 0 unspecified atom stereocenters. The fraction of sp³-hybridized carbons (Fsp3) is 0.125. The van der Waals surface area contributed by atoms with Gasteiger partial charge in [-0.05, 0) is 60.2 Å². The van der Waals surface area contributed by atoms with E-state index in [1.54, 1.807) is 31.4 Å². The molecule has 4 rings (SSSR count). The molecule has 0 atom stereocenters. The van der Waals surface area contributed by atoms with Crippen molar-refractivity contribution in [2.75, 3.05) is 13.9 Å². The number of ketones is 1. The number of benzene rings is 3. The topological polar surface area (TPSA) is 54.0 Å². The lowest BCUT2D eigenvalue weighted by molar-refractivity contribution is 0.104. The summed E-state index contributed by atoms with van der Waals surface area (Å²) in [7, 11) is 1.62. The van der Waals surface area contributed by atoms with Crippen LogP contribution >= 0.6 is 15.9 Å². The summed E-state index contributed by atoms with van der Waals surface area (Å²) in [5, 5.41) is 0. The average Bonchev–Trinajstić information content (AvgIpc) is 3.24. The molecule has 0 aromatic heterocycles. The minimum atomic E-state index is -0.115. The number of ether oxygens (including phenoxy) is 4. The van der Waals surface area contributed by atoms with E-state index in [9.17, 15) is 4.79 Å². The zero-order valence-corrected chi connectivity index (χ0v) is 17.8. The second-order valence-corrected chi connectivity index (χ2v) is 7.50. The highest BCUT2D eigenvalue weighted by Crippen LogP contribution is 2.32. The van der Waals surface area contributed by atoms with Crippen LogP contribution in [0.25, 0.3) is 6.08 Å². The molecule has 1 heterocycles. The fourth-order valence-electron chi connectivity index (χ4n) is 3.05. The molecule has 0 aliphatic carbocycles. The predicted molar refractivity (Wildman–Crippen MR) is 117 cm³/mol. The number of carbonyl (C=O) groups is 1. The first kappa shape index (κ1) is 20.0. The second kappa shape index (κ2) is 9.05. The molecule has 6 heteroatoms. The molecule has 0 spiro atoms. The number of hydrogen-bond acceptors (Lipinski definition) is 5. The Hall–Kier alpha value is -3.25. The molecule has 1 aliphatic heterocycles. The Morgan fingerprint density at radius 1 is 1.07 bits per heavy atom. The number of carbonyl (C=O) groups excluding carboxylic acids is 1. The number of hydrogen-bond donors (Lipinski definition) is 0. The van der Waals surface area contributed by atoms with Crippen molar-refractivity contribution in [3.63, 3.8) is 0 Å². The summed E-state index contributed by atoms with van der Waals surface area (Å²) >= 11 is 3.44. The molecule has 3 aromatic carbocycles. The molecule has 0 amide bonds. The van der Waals surface area contributed by atoms with Crippen LogP contribution in [0.3, 0.4) is 0 Å². The van der Waals surface area contributed by atoms with Crippen molar-refractivity contribution in [3.8, 4) is 23.0 Å². The van der Waals surface area contributed by atoms with Crippen molar-refractivity contribution in [3.05, 3.63) is 87.9 Å². The summed E-state index contributed by atoms with van der Waals surface area (Å²) in [6.07, 6.45) is 3.31.